The minimum Gasteiger partial charge on any atom is -0.457 e. The maximum atomic E-state index is 11.3. The topological polar surface area (TPSA) is 52.6 Å². The predicted molar refractivity (Wildman–Crippen MR) is 150 cm³/mol. The van der Waals surface area contributed by atoms with Gasteiger partial charge in [0, 0.05) is 16.5 Å². The summed E-state index contributed by atoms with van der Waals surface area (Å²) in [7, 11) is 0. The molecular weight excluding hydrogens is 519 g/mol. The van der Waals surface area contributed by atoms with Gasteiger partial charge in [-0.1, -0.05) is 43.5 Å². The van der Waals surface area contributed by atoms with Crippen molar-refractivity contribution in [3.8, 4) is 23.0 Å². The Balaban J connectivity index is 1.34. The van der Waals surface area contributed by atoms with Crippen LogP contribution in [0, 0.1) is 0 Å². The molecule has 0 bridgehead atoms. The highest BCUT2D eigenvalue weighted by atomic mass is 35.5. The van der Waals surface area contributed by atoms with E-state index >= 15 is 0 Å². The second kappa shape index (κ2) is 11.4. The molecule has 0 heterocycles. The van der Waals surface area contributed by atoms with Crippen molar-refractivity contribution in [3.05, 3.63) is 119 Å². The molecule has 0 unspecified atom stereocenters. The van der Waals surface area contributed by atoms with E-state index in [2.05, 4.69) is 24.3 Å². The van der Waals surface area contributed by atoms with E-state index in [1.165, 1.54) is 30.4 Å². The Kier molecular flexibility index (Phi) is 7.82. The zero-order valence-corrected chi connectivity index (χ0v) is 22.2. The van der Waals surface area contributed by atoms with Gasteiger partial charge in [-0.2, -0.15) is 0 Å². The van der Waals surface area contributed by atoms with Gasteiger partial charge < -0.3 is 9.47 Å². The normalized spacial score (nSPS) is 14.5. The lowest BCUT2D eigenvalue weighted by atomic mass is 9.65. The molecule has 5 rings (SSSR count). The Labute approximate surface area is 232 Å². The van der Waals surface area contributed by atoms with Gasteiger partial charge in [0.15, 0.2) is 0 Å². The zero-order valence-electron chi connectivity index (χ0n) is 20.7. The number of carbonyl (C=O) groups excluding carboxylic acids is 2. The zero-order chi connectivity index (χ0) is 26.5. The molecule has 0 atom stereocenters. The van der Waals surface area contributed by atoms with E-state index in [1.54, 1.807) is 48.5 Å². The van der Waals surface area contributed by atoms with Gasteiger partial charge >= 0.3 is 0 Å². The van der Waals surface area contributed by atoms with Crippen LogP contribution < -0.4 is 9.47 Å². The minimum absolute atomic E-state index is 0.0694. The Morgan fingerprint density at radius 2 is 0.816 bits per heavy atom. The number of carbonyl (C=O) groups is 2. The summed E-state index contributed by atoms with van der Waals surface area (Å²) in [5.41, 5.74) is 3.33. The molecule has 0 N–H and O–H groups in total. The number of hydrogen-bond donors (Lipinski definition) is 0. The maximum absolute atomic E-state index is 11.3. The summed E-state index contributed by atoms with van der Waals surface area (Å²) in [4.78, 5) is 22.6. The molecule has 0 aromatic heterocycles. The van der Waals surface area contributed by atoms with Crippen LogP contribution in [-0.2, 0) is 5.41 Å². The molecule has 4 aromatic carbocycles. The van der Waals surface area contributed by atoms with Crippen molar-refractivity contribution < 1.29 is 19.1 Å². The molecule has 0 saturated heterocycles. The van der Waals surface area contributed by atoms with E-state index in [1.807, 2.05) is 24.3 Å². The van der Waals surface area contributed by atoms with Gasteiger partial charge in [-0.15, -0.1) is 0 Å². The molecule has 0 spiro atoms. The molecular formula is C32H26Cl2O4. The standard InChI is InChI=1S/C32H26Cl2O4/c33-30(35)22-4-12-26(13-5-22)37-28-16-8-24(9-17-28)32(20-2-1-3-21-32)25-10-18-29(19-11-25)38-27-14-6-23(7-15-27)31(34)36/h4-19H,1-3,20-21H2. The van der Waals surface area contributed by atoms with Crippen LogP contribution in [0.15, 0.2) is 97.1 Å². The number of benzene rings is 4. The first kappa shape index (κ1) is 26.0. The van der Waals surface area contributed by atoms with Crippen molar-refractivity contribution in [1.82, 2.24) is 0 Å². The number of halogens is 2. The quantitative estimate of drug-likeness (QED) is 0.207. The van der Waals surface area contributed by atoms with Crippen molar-refractivity contribution in [2.75, 3.05) is 0 Å². The summed E-state index contributed by atoms with van der Waals surface area (Å²) in [6, 6.07) is 30.2. The molecule has 0 radical (unpaired) electrons. The lowest BCUT2D eigenvalue weighted by Gasteiger charge is -2.38. The third-order valence-corrected chi connectivity index (χ3v) is 7.59. The summed E-state index contributed by atoms with van der Waals surface area (Å²) < 4.78 is 12.0. The van der Waals surface area contributed by atoms with Crippen LogP contribution in [0.5, 0.6) is 23.0 Å². The number of ether oxygens (including phenoxy) is 2. The highest BCUT2D eigenvalue weighted by molar-refractivity contribution is 6.68. The van der Waals surface area contributed by atoms with Gasteiger partial charge in [0.05, 0.1) is 0 Å². The first-order chi connectivity index (χ1) is 18.4. The molecule has 1 aliphatic rings. The molecule has 1 aliphatic carbocycles. The summed E-state index contributed by atoms with van der Waals surface area (Å²) in [5.74, 6) is 2.75. The van der Waals surface area contributed by atoms with E-state index in [4.69, 9.17) is 32.7 Å². The Hall–Kier alpha value is -3.60. The highest BCUT2D eigenvalue weighted by Crippen LogP contribution is 2.46. The van der Waals surface area contributed by atoms with E-state index in [0.717, 1.165) is 24.3 Å². The average Bonchev–Trinajstić information content (AvgIpc) is 2.95. The van der Waals surface area contributed by atoms with E-state index < -0.39 is 10.5 Å². The average molecular weight is 545 g/mol. The third-order valence-electron chi connectivity index (χ3n) is 7.15. The fourth-order valence-electron chi connectivity index (χ4n) is 5.16. The Bertz CT molecular complexity index is 1300. The van der Waals surface area contributed by atoms with E-state index in [0.29, 0.717) is 22.6 Å². The first-order valence-corrected chi connectivity index (χ1v) is 13.4. The first-order valence-electron chi connectivity index (χ1n) is 12.6. The van der Waals surface area contributed by atoms with Crippen LogP contribution in [0.25, 0.3) is 0 Å². The molecule has 0 amide bonds. The minimum atomic E-state index is -0.489. The fraction of sp³-hybridized carbons (Fsp3) is 0.188. The second-order valence-electron chi connectivity index (χ2n) is 9.49. The van der Waals surface area contributed by atoms with Crippen LogP contribution >= 0.6 is 23.2 Å². The van der Waals surface area contributed by atoms with Gasteiger partial charge in [-0.3, -0.25) is 9.59 Å². The molecule has 192 valence electrons. The van der Waals surface area contributed by atoms with Crippen molar-refractivity contribution in [2.45, 2.75) is 37.5 Å². The molecule has 4 aromatic rings. The van der Waals surface area contributed by atoms with Crippen LogP contribution in [0.2, 0.25) is 0 Å². The van der Waals surface area contributed by atoms with Crippen LogP contribution in [0.4, 0.5) is 0 Å². The van der Waals surface area contributed by atoms with E-state index in [9.17, 15) is 9.59 Å². The van der Waals surface area contributed by atoms with Crippen molar-refractivity contribution in [2.24, 2.45) is 0 Å². The summed E-state index contributed by atoms with van der Waals surface area (Å²) in [6.45, 7) is 0. The SMILES string of the molecule is O=C(Cl)c1ccc(Oc2ccc(C3(c4ccc(Oc5ccc(C(=O)Cl)cc5)cc4)CCCCC3)cc2)cc1. The van der Waals surface area contributed by atoms with Gasteiger partial charge in [0.25, 0.3) is 10.5 Å². The molecule has 0 aliphatic heterocycles. The van der Waals surface area contributed by atoms with Crippen LogP contribution in [0.1, 0.15) is 63.9 Å². The van der Waals surface area contributed by atoms with Crippen LogP contribution in [0.3, 0.4) is 0 Å². The van der Waals surface area contributed by atoms with Gasteiger partial charge in [-0.25, -0.2) is 0 Å². The smallest absolute Gasteiger partial charge is 0.252 e. The molecule has 1 saturated carbocycles. The summed E-state index contributed by atoms with van der Waals surface area (Å²) in [6.07, 6.45) is 5.75. The van der Waals surface area contributed by atoms with Gasteiger partial charge in [-0.05, 0) is 120 Å². The van der Waals surface area contributed by atoms with Gasteiger partial charge in [0.2, 0.25) is 0 Å². The maximum Gasteiger partial charge on any atom is 0.252 e. The molecule has 38 heavy (non-hydrogen) atoms. The van der Waals surface area contributed by atoms with Gasteiger partial charge in [0.1, 0.15) is 23.0 Å². The molecule has 4 nitrogen and oxygen atoms in total. The summed E-state index contributed by atoms with van der Waals surface area (Å²) >= 11 is 11.1. The van der Waals surface area contributed by atoms with Crippen LogP contribution in [-0.4, -0.2) is 10.5 Å². The number of hydrogen-bond acceptors (Lipinski definition) is 4. The fourth-order valence-corrected chi connectivity index (χ4v) is 5.42. The lowest BCUT2D eigenvalue weighted by Crippen LogP contribution is -2.30. The summed E-state index contributed by atoms with van der Waals surface area (Å²) in [5, 5.41) is -0.978. The number of rotatable bonds is 8. The third kappa shape index (κ3) is 5.77. The molecule has 1 fully saturated rings. The second-order valence-corrected chi connectivity index (χ2v) is 10.2. The lowest BCUT2D eigenvalue weighted by molar-refractivity contribution is 0.107. The molecule has 6 heteroatoms. The van der Waals surface area contributed by atoms with Crippen molar-refractivity contribution in [1.29, 1.82) is 0 Å². The predicted octanol–water partition coefficient (Wildman–Crippen LogP) is 9.28. The monoisotopic (exact) mass is 544 g/mol. The largest absolute Gasteiger partial charge is 0.457 e. The Morgan fingerprint density at radius 3 is 1.13 bits per heavy atom. The van der Waals surface area contributed by atoms with Crippen molar-refractivity contribution in [3.63, 3.8) is 0 Å². The Morgan fingerprint density at radius 1 is 0.500 bits per heavy atom. The highest BCUT2D eigenvalue weighted by Gasteiger charge is 2.35. The van der Waals surface area contributed by atoms with E-state index in [-0.39, 0.29) is 5.41 Å². The van der Waals surface area contributed by atoms with Crippen molar-refractivity contribution >= 4 is 33.7 Å².